The molecule has 1 heterocycles. The smallest absolute Gasteiger partial charge is 0.0677 e. The van der Waals surface area contributed by atoms with Gasteiger partial charge in [-0.3, -0.25) is 0 Å². The van der Waals surface area contributed by atoms with Crippen molar-refractivity contribution in [2.24, 2.45) is 0 Å². The molecule has 1 atom stereocenters. The molecule has 1 fully saturated rings. The molecule has 2 N–H and O–H groups in total. The first-order valence-electron chi connectivity index (χ1n) is 2.72. The second kappa shape index (κ2) is 5.70. The van der Waals surface area contributed by atoms with Gasteiger partial charge in [0.2, 0.25) is 0 Å². The Hall–Kier alpha value is 0.932. The molecule has 3 nitrogen and oxygen atoms in total. The van der Waals surface area contributed by atoms with Crippen molar-refractivity contribution in [2.45, 2.75) is 6.10 Å². The number of hydrogen-bond acceptors (Lipinski definition) is 3. The topological polar surface area (TPSA) is 41.5 Å². The molecule has 0 aromatic heterocycles. The first-order chi connectivity index (χ1) is 3.93. The average Bonchev–Trinajstić information content (AvgIpc) is 1.90. The van der Waals surface area contributed by atoms with E-state index in [0.29, 0.717) is 0 Å². The van der Waals surface area contributed by atoms with Gasteiger partial charge in [-0.15, -0.1) is 6.54 Å². The van der Waals surface area contributed by atoms with Crippen LogP contribution in [-0.2, 0) is 4.74 Å². The van der Waals surface area contributed by atoms with E-state index in [4.69, 9.17) is 9.84 Å². The Balaban J connectivity index is 0.000000640. The maximum absolute atomic E-state index is 8.51. The van der Waals surface area contributed by atoms with Crippen LogP contribution < -0.4 is 5.32 Å². The van der Waals surface area contributed by atoms with E-state index < -0.39 is 0 Å². The van der Waals surface area contributed by atoms with Crippen LogP contribution in [0.1, 0.15) is 0 Å². The van der Waals surface area contributed by atoms with Crippen LogP contribution in [0.5, 0.6) is 0 Å². The summed E-state index contributed by atoms with van der Waals surface area (Å²) in [4.78, 5) is 0. The monoisotopic (exact) mass is 354 g/mol. The normalized spacial score (nSPS) is 27.0. The summed E-state index contributed by atoms with van der Waals surface area (Å²) in [6.07, 6.45) is -0.0243. The predicted octanol–water partition coefficient (Wildman–Crippen LogP) is -0.871. The Morgan fingerprint density at radius 1 is 1.78 bits per heavy atom. The Kier molecular flexibility index (Phi) is 6.29. The molecule has 9 heavy (non-hydrogen) atoms. The van der Waals surface area contributed by atoms with Gasteiger partial charge in [-0.25, -0.2) is 0 Å². The molecule has 0 amide bonds. The van der Waals surface area contributed by atoms with E-state index in [0.717, 1.165) is 13.1 Å². The molecule has 0 radical (unpaired) electrons. The second-order valence-electron chi connectivity index (χ2n) is 1.77. The minimum atomic E-state index is -0.0243. The van der Waals surface area contributed by atoms with E-state index in [1.165, 1.54) is 0 Å². The van der Waals surface area contributed by atoms with Crippen molar-refractivity contribution < 1.29 is 41.0 Å². The summed E-state index contributed by atoms with van der Waals surface area (Å²) in [5.41, 5.74) is 0. The van der Waals surface area contributed by atoms with Crippen molar-refractivity contribution in [3.05, 3.63) is 6.61 Å². The van der Waals surface area contributed by atoms with Gasteiger partial charge in [-0.05, 0) is 0 Å². The van der Waals surface area contributed by atoms with Gasteiger partial charge in [0, 0.05) is 37.7 Å². The number of aliphatic hydroxyl groups excluding tert-OH is 1. The summed E-state index contributed by atoms with van der Waals surface area (Å²) in [6, 6.07) is 0. The van der Waals surface area contributed by atoms with Crippen molar-refractivity contribution in [3.63, 3.8) is 0 Å². The number of morpholine rings is 1. The van der Waals surface area contributed by atoms with E-state index in [2.05, 4.69) is 5.32 Å². The number of nitrogens with one attached hydrogen (secondary N) is 1. The molecule has 52 valence electrons. The Bertz CT molecular complexity index is 66.0. The number of rotatable bonds is 1. The second-order valence-corrected chi connectivity index (χ2v) is 1.77. The fourth-order valence-corrected chi connectivity index (χ4v) is 0.643. The molecule has 1 saturated heterocycles. The number of ether oxygens (including phenoxy) is 1. The van der Waals surface area contributed by atoms with Crippen molar-refractivity contribution in [1.82, 2.24) is 5.32 Å². The van der Waals surface area contributed by atoms with Gasteiger partial charge in [-0.2, -0.15) is 6.61 Å². The molecule has 0 aromatic rings. The standard InChI is InChI=1S/C5H10NO2.U/c7-4-5-3-6-1-2-8-5;/h2,5-7H,1,3-4H2;/q-1;. The van der Waals surface area contributed by atoms with E-state index in [9.17, 15) is 0 Å². The zero-order chi connectivity index (χ0) is 5.82. The van der Waals surface area contributed by atoms with Gasteiger partial charge < -0.3 is 15.2 Å². The Labute approximate surface area is 78.5 Å². The van der Waals surface area contributed by atoms with Crippen LogP contribution in [0.3, 0.4) is 0 Å². The number of hydrogen-bond donors (Lipinski definition) is 2. The van der Waals surface area contributed by atoms with Gasteiger partial charge in [0.05, 0.1) is 12.7 Å². The zero-order valence-corrected chi connectivity index (χ0v) is 9.30. The van der Waals surface area contributed by atoms with Crippen LogP contribution in [0.25, 0.3) is 0 Å². The molecule has 1 rings (SSSR count). The molecule has 0 bridgehead atoms. The van der Waals surface area contributed by atoms with Crippen molar-refractivity contribution in [1.29, 1.82) is 0 Å². The van der Waals surface area contributed by atoms with Gasteiger partial charge in [0.1, 0.15) is 0 Å². The van der Waals surface area contributed by atoms with Gasteiger partial charge in [-0.1, -0.05) is 0 Å². The van der Waals surface area contributed by atoms with Gasteiger partial charge in [0.25, 0.3) is 0 Å². The predicted molar refractivity (Wildman–Crippen MR) is 29.1 cm³/mol. The SMILES string of the molecule is OCC1CNC[CH-]O1.[U]. The van der Waals surface area contributed by atoms with Crippen LogP contribution in [0.15, 0.2) is 0 Å². The fourth-order valence-electron chi connectivity index (χ4n) is 0.643. The first-order valence-corrected chi connectivity index (χ1v) is 2.72. The quantitative estimate of drug-likeness (QED) is 0.602. The van der Waals surface area contributed by atoms with Crippen LogP contribution in [0.4, 0.5) is 0 Å². The third kappa shape index (κ3) is 3.59. The summed E-state index contributed by atoms with van der Waals surface area (Å²) >= 11 is 0. The molecule has 4 heteroatoms. The van der Waals surface area contributed by atoms with Crippen molar-refractivity contribution >= 4 is 0 Å². The molecule has 0 saturated carbocycles. The maximum atomic E-state index is 8.51. The maximum Gasteiger partial charge on any atom is 0.0677 e. The largest absolute Gasteiger partial charge is 0.546 e. The van der Waals surface area contributed by atoms with Crippen LogP contribution in [0.2, 0.25) is 0 Å². The summed E-state index contributed by atoms with van der Waals surface area (Å²) in [5, 5.41) is 11.6. The summed E-state index contributed by atoms with van der Waals surface area (Å²) < 4.78 is 4.99. The van der Waals surface area contributed by atoms with Crippen LogP contribution in [-0.4, -0.2) is 30.9 Å². The van der Waals surface area contributed by atoms with Crippen LogP contribution in [0, 0.1) is 37.7 Å². The van der Waals surface area contributed by atoms with E-state index >= 15 is 0 Å². The number of aliphatic hydroxyl groups is 1. The first kappa shape index (κ1) is 9.93. The van der Waals surface area contributed by atoms with Crippen LogP contribution >= 0.6 is 0 Å². The third-order valence-electron chi connectivity index (χ3n) is 1.09. The fraction of sp³-hybridized carbons (Fsp3) is 0.800. The van der Waals surface area contributed by atoms with Crippen molar-refractivity contribution in [2.75, 3.05) is 19.7 Å². The minimum absolute atomic E-state index is 0. The Morgan fingerprint density at radius 3 is 2.89 bits per heavy atom. The molecule has 1 unspecified atom stereocenters. The van der Waals surface area contributed by atoms with Gasteiger partial charge in [0.15, 0.2) is 0 Å². The van der Waals surface area contributed by atoms with E-state index in [-0.39, 0.29) is 43.8 Å². The van der Waals surface area contributed by atoms with Gasteiger partial charge >= 0.3 is 0 Å². The molecule has 0 aromatic carbocycles. The van der Waals surface area contributed by atoms with E-state index in [1.54, 1.807) is 6.61 Å². The minimum Gasteiger partial charge on any atom is -0.546 e. The Morgan fingerprint density at radius 2 is 2.56 bits per heavy atom. The molecule has 0 aliphatic carbocycles. The summed E-state index contributed by atoms with van der Waals surface area (Å²) in [5.74, 6) is 0. The third-order valence-corrected chi connectivity index (χ3v) is 1.09. The summed E-state index contributed by atoms with van der Waals surface area (Å²) in [6.45, 7) is 3.32. The zero-order valence-electron chi connectivity index (χ0n) is 5.13. The molecular weight excluding hydrogens is 344 g/mol. The van der Waals surface area contributed by atoms with Crippen molar-refractivity contribution in [3.8, 4) is 0 Å². The molecule has 0 spiro atoms. The summed E-state index contributed by atoms with van der Waals surface area (Å²) in [7, 11) is 0. The van der Waals surface area contributed by atoms with E-state index in [1.807, 2.05) is 0 Å². The average molecular weight is 354 g/mol. The molecule has 1 aliphatic heterocycles. The molecule has 1 aliphatic rings. The molecular formula is C5H10NO2U-.